The van der Waals surface area contributed by atoms with Gasteiger partial charge in [0.15, 0.2) is 0 Å². The molecule has 152 valence electrons. The fourth-order valence-electron chi connectivity index (χ4n) is 4.65. The van der Waals surface area contributed by atoms with Crippen molar-refractivity contribution >= 4 is 107 Å². The van der Waals surface area contributed by atoms with E-state index in [0.717, 1.165) is 11.0 Å². The topological polar surface area (TPSA) is 25.8 Å². The Bertz CT molecular complexity index is 1840. The number of benzene rings is 2. The summed E-state index contributed by atoms with van der Waals surface area (Å²) in [4.78, 5) is 2.69. The minimum atomic E-state index is 1.03. The highest BCUT2D eigenvalue weighted by Crippen LogP contribution is 2.51. The lowest BCUT2D eigenvalue weighted by Crippen LogP contribution is -1.81. The van der Waals surface area contributed by atoms with Crippen LogP contribution in [-0.4, -0.2) is 8.75 Å². The molecule has 0 atom stereocenters. The number of thiophene rings is 4. The van der Waals surface area contributed by atoms with Gasteiger partial charge in [0.05, 0.1) is 21.1 Å². The first-order chi connectivity index (χ1) is 15.0. The van der Waals surface area contributed by atoms with Crippen molar-refractivity contribution in [2.24, 2.45) is 0 Å². The van der Waals surface area contributed by atoms with Crippen LogP contribution in [0.5, 0.6) is 0 Å². The minimum Gasteiger partial charge on any atom is -0.173 e. The molecule has 0 spiro atoms. The normalized spacial score (nSPS) is 12.5. The van der Waals surface area contributed by atoms with E-state index in [1.54, 1.807) is 0 Å². The highest BCUT2D eigenvalue weighted by Gasteiger charge is 2.21. The number of nitrogens with zero attached hydrogens (tertiary/aromatic N) is 2. The Balaban J connectivity index is 1.56. The molecule has 2 aromatic carbocycles. The van der Waals surface area contributed by atoms with Gasteiger partial charge in [-0.25, -0.2) is 0 Å². The van der Waals surface area contributed by atoms with Gasteiger partial charge in [-0.1, -0.05) is 12.1 Å². The van der Waals surface area contributed by atoms with Gasteiger partial charge < -0.3 is 0 Å². The number of hydrogen-bond donors (Lipinski definition) is 0. The maximum Gasteiger partial charge on any atom is 0.113 e. The Labute approximate surface area is 198 Å². The van der Waals surface area contributed by atoms with Crippen LogP contribution in [0.25, 0.3) is 60.4 Å². The van der Waals surface area contributed by atoms with Crippen molar-refractivity contribution in [1.29, 1.82) is 0 Å². The van der Waals surface area contributed by atoms with E-state index < -0.39 is 0 Å². The van der Waals surface area contributed by atoms with Crippen LogP contribution in [0.2, 0.25) is 0 Å². The van der Waals surface area contributed by atoms with Crippen LogP contribution in [0.1, 0.15) is 21.6 Å². The lowest BCUT2D eigenvalue weighted by molar-refractivity contribution is 1.48. The monoisotopic (exact) mass is 492 g/mol. The lowest BCUT2D eigenvalue weighted by Gasteiger charge is -2.05. The third kappa shape index (κ3) is 2.41. The van der Waals surface area contributed by atoms with Crippen molar-refractivity contribution < 1.29 is 0 Å². The molecule has 0 saturated carbocycles. The number of hydrogen-bond acceptors (Lipinski definition) is 7. The van der Waals surface area contributed by atoms with Crippen LogP contribution in [-0.2, 0) is 0 Å². The van der Waals surface area contributed by atoms with E-state index in [4.69, 9.17) is 0 Å². The summed E-state index contributed by atoms with van der Waals surface area (Å²) in [5.74, 6) is 0. The summed E-state index contributed by atoms with van der Waals surface area (Å²) in [7, 11) is 0. The second-order valence-corrected chi connectivity index (χ2v) is 13.0. The molecule has 0 amide bonds. The Hall–Kier alpha value is -1.90. The largest absolute Gasteiger partial charge is 0.173 e. The molecule has 0 aliphatic heterocycles. The maximum atomic E-state index is 4.61. The summed E-state index contributed by atoms with van der Waals surface area (Å²) in [5.41, 5.74) is 7.35. The molecule has 0 aliphatic carbocycles. The van der Waals surface area contributed by atoms with Crippen molar-refractivity contribution in [3.63, 3.8) is 0 Å². The quantitative estimate of drug-likeness (QED) is 0.228. The highest BCUT2D eigenvalue weighted by molar-refractivity contribution is 7.35. The first-order valence-corrected chi connectivity index (χ1v) is 14.0. The first kappa shape index (κ1) is 18.7. The molecule has 0 bridgehead atoms. The second-order valence-electron chi connectivity index (χ2n) is 8.11. The van der Waals surface area contributed by atoms with Crippen molar-refractivity contribution in [3.8, 4) is 10.4 Å². The van der Waals surface area contributed by atoms with E-state index in [2.05, 4.69) is 60.7 Å². The maximum absolute atomic E-state index is 4.61. The van der Waals surface area contributed by atoms with Crippen molar-refractivity contribution in [2.45, 2.75) is 27.7 Å². The Kier molecular flexibility index (Phi) is 3.81. The summed E-state index contributed by atoms with van der Waals surface area (Å²) in [6.45, 7) is 8.96. The zero-order chi connectivity index (χ0) is 21.0. The molecular weight excluding hydrogens is 477 g/mol. The van der Waals surface area contributed by atoms with Gasteiger partial charge >= 0.3 is 0 Å². The van der Waals surface area contributed by atoms with Gasteiger partial charge in [-0.05, 0) is 56.5 Å². The fraction of sp³-hybridized carbons (Fsp3) is 0.167. The second kappa shape index (κ2) is 6.33. The molecule has 5 heterocycles. The SMILES string of the molecule is Cc1cc2sc3c(C)c4c(sc5cc(-c6ccc(C)c7nsnc67)sc54)c(C)c3c2s1. The molecule has 31 heavy (non-hydrogen) atoms. The van der Waals surface area contributed by atoms with Gasteiger partial charge in [-0.3, -0.25) is 0 Å². The third-order valence-electron chi connectivity index (χ3n) is 6.17. The average molecular weight is 493 g/mol. The van der Waals surface area contributed by atoms with Crippen molar-refractivity contribution in [1.82, 2.24) is 8.75 Å². The molecule has 5 aromatic heterocycles. The van der Waals surface area contributed by atoms with E-state index in [0.29, 0.717) is 0 Å². The van der Waals surface area contributed by atoms with Gasteiger partial charge in [0.2, 0.25) is 0 Å². The van der Waals surface area contributed by atoms with Crippen LogP contribution in [0, 0.1) is 27.7 Å². The van der Waals surface area contributed by atoms with E-state index in [9.17, 15) is 0 Å². The lowest BCUT2D eigenvalue weighted by atomic mass is 10.0. The molecule has 7 heteroatoms. The summed E-state index contributed by atoms with van der Waals surface area (Å²) >= 11 is 9.06. The molecule has 0 aliphatic rings. The number of aromatic nitrogens is 2. The minimum absolute atomic E-state index is 1.03. The van der Waals surface area contributed by atoms with Gasteiger partial charge in [-0.2, -0.15) is 8.75 Å². The molecule has 0 radical (unpaired) electrons. The van der Waals surface area contributed by atoms with Crippen LogP contribution in [0.4, 0.5) is 0 Å². The summed E-state index contributed by atoms with van der Waals surface area (Å²) in [6.07, 6.45) is 0. The summed E-state index contributed by atoms with van der Waals surface area (Å²) in [5, 5.41) is 2.93. The summed E-state index contributed by atoms with van der Waals surface area (Å²) in [6, 6.07) is 9.10. The highest BCUT2D eigenvalue weighted by atomic mass is 32.1. The number of rotatable bonds is 1. The van der Waals surface area contributed by atoms with Gasteiger partial charge in [-0.15, -0.1) is 45.3 Å². The molecular formula is C24H16N2S5. The molecule has 7 rings (SSSR count). The molecule has 2 nitrogen and oxygen atoms in total. The number of fused-ring (bicyclic) bond motifs is 7. The van der Waals surface area contributed by atoms with Gasteiger partial charge in [0, 0.05) is 44.9 Å². The van der Waals surface area contributed by atoms with Crippen LogP contribution in [0.3, 0.4) is 0 Å². The zero-order valence-corrected chi connectivity index (χ0v) is 21.3. The van der Waals surface area contributed by atoms with Gasteiger partial charge in [0.25, 0.3) is 0 Å². The van der Waals surface area contributed by atoms with Crippen LogP contribution >= 0.6 is 57.1 Å². The van der Waals surface area contributed by atoms with Crippen molar-refractivity contribution in [3.05, 3.63) is 45.8 Å². The van der Waals surface area contributed by atoms with Crippen LogP contribution < -0.4 is 0 Å². The zero-order valence-electron chi connectivity index (χ0n) is 17.2. The average Bonchev–Trinajstić information content (AvgIpc) is 3.51. The predicted molar refractivity (Wildman–Crippen MR) is 143 cm³/mol. The Morgan fingerprint density at radius 2 is 1.29 bits per heavy atom. The first-order valence-electron chi connectivity index (χ1n) is 10.0. The van der Waals surface area contributed by atoms with Crippen LogP contribution in [0.15, 0.2) is 24.3 Å². The smallest absolute Gasteiger partial charge is 0.113 e. The predicted octanol–water partition coefficient (Wildman–Crippen LogP) is 9.45. The molecule has 0 fully saturated rings. The standard InChI is InChI=1S/C24H16N2S5/c1-9-5-6-13(20-19(9)25-31-26-20)14-8-16-24(28-14)18-12(4)21-17(11(3)22(18)30-16)23-15(29-21)7-10(2)27-23/h5-8H,1-4H3. The fourth-order valence-corrected chi connectivity index (χ4v) is 10.7. The third-order valence-corrected chi connectivity index (χ3v) is 11.7. The van der Waals surface area contributed by atoms with E-state index in [1.165, 1.54) is 82.7 Å². The van der Waals surface area contributed by atoms with E-state index in [-0.39, 0.29) is 0 Å². The Morgan fingerprint density at radius 3 is 2.03 bits per heavy atom. The van der Waals surface area contributed by atoms with E-state index in [1.807, 2.05) is 45.3 Å². The molecule has 0 unspecified atom stereocenters. The summed E-state index contributed by atoms with van der Waals surface area (Å²) < 4.78 is 17.7. The number of aryl methyl sites for hydroxylation is 4. The Morgan fingerprint density at radius 1 is 0.645 bits per heavy atom. The van der Waals surface area contributed by atoms with E-state index >= 15 is 0 Å². The molecule has 7 aromatic rings. The molecule has 0 saturated heterocycles. The molecule has 0 N–H and O–H groups in total. The van der Waals surface area contributed by atoms with Gasteiger partial charge in [0.1, 0.15) is 11.0 Å². The van der Waals surface area contributed by atoms with Crippen molar-refractivity contribution in [2.75, 3.05) is 0 Å².